The Bertz CT molecular complexity index is 748. The van der Waals surface area contributed by atoms with E-state index in [1.807, 2.05) is 23.1 Å². The number of aromatic nitrogens is 1. The molecule has 5 nitrogen and oxygen atoms in total. The maximum atomic E-state index is 12.6. The summed E-state index contributed by atoms with van der Waals surface area (Å²) in [4.78, 5) is 18.9. The van der Waals surface area contributed by atoms with Crippen LogP contribution in [0.1, 0.15) is 35.8 Å². The number of ether oxygens (including phenoxy) is 1. The minimum absolute atomic E-state index is 0.0562. The van der Waals surface area contributed by atoms with Gasteiger partial charge in [-0.25, -0.2) is 4.79 Å². The quantitative estimate of drug-likeness (QED) is 0.911. The van der Waals surface area contributed by atoms with Gasteiger partial charge in [-0.15, -0.1) is 0 Å². The van der Waals surface area contributed by atoms with Crippen molar-refractivity contribution in [1.82, 2.24) is 9.88 Å². The number of aryl methyl sites for hydroxylation is 2. The van der Waals surface area contributed by atoms with Crippen molar-refractivity contribution in [3.63, 3.8) is 0 Å². The molecule has 0 radical (unpaired) electrons. The molecule has 1 aliphatic heterocycles. The lowest BCUT2D eigenvalue weighted by Gasteiger charge is -2.20. The molecule has 1 fully saturated rings. The normalized spacial score (nSPS) is 20.0. The van der Waals surface area contributed by atoms with Crippen molar-refractivity contribution in [2.24, 2.45) is 0 Å². The Labute approximate surface area is 148 Å². The summed E-state index contributed by atoms with van der Waals surface area (Å²) in [6.07, 6.45) is 5.89. The van der Waals surface area contributed by atoms with Crippen LogP contribution in [-0.2, 0) is 17.6 Å². The maximum Gasteiger partial charge on any atom is 0.321 e. The standard InChI is InChI=1S/C20H23N3O2/c24-20(22-17-13-16-7-4-8-18(16)21-14-17)23-10-9-19(25-12-11-23)15-5-2-1-3-6-15/h1-3,5-6,13-14,19H,4,7-12H2,(H,22,24). The predicted molar refractivity (Wildman–Crippen MR) is 96.6 cm³/mol. The van der Waals surface area contributed by atoms with Crippen molar-refractivity contribution in [2.45, 2.75) is 31.8 Å². The highest BCUT2D eigenvalue weighted by Gasteiger charge is 2.22. The molecule has 1 aromatic carbocycles. The fourth-order valence-electron chi connectivity index (χ4n) is 3.60. The van der Waals surface area contributed by atoms with E-state index >= 15 is 0 Å². The number of nitrogens with zero attached hydrogens (tertiary/aromatic N) is 2. The van der Waals surface area contributed by atoms with E-state index in [1.165, 1.54) is 16.8 Å². The SMILES string of the molecule is O=C(Nc1cnc2c(c1)CCC2)N1CCOC(c2ccccc2)CC1. The first-order chi connectivity index (χ1) is 12.3. The second-order valence-electron chi connectivity index (χ2n) is 6.66. The summed E-state index contributed by atoms with van der Waals surface area (Å²) >= 11 is 0. The van der Waals surface area contributed by atoms with E-state index in [0.717, 1.165) is 31.4 Å². The zero-order chi connectivity index (χ0) is 17.1. The molecule has 2 heterocycles. The van der Waals surface area contributed by atoms with Gasteiger partial charge in [-0.1, -0.05) is 30.3 Å². The van der Waals surface area contributed by atoms with Crippen LogP contribution in [-0.4, -0.2) is 35.6 Å². The maximum absolute atomic E-state index is 12.6. The molecule has 0 saturated carbocycles. The predicted octanol–water partition coefficient (Wildman–Crippen LogP) is 3.57. The number of urea groups is 1. The number of hydrogen-bond donors (Lipinski definition) is 1. The Balaban J connectivity index is 1.38. The van der Waals surface area contributed by atoms with Crippen LogP contribution in [0.5, 0.6) is 0 Å². The van der Waals surface area contributed by atoms with Gasteiger partial charge in [-0.3, -0.25) is 4.98 Å². The second-order valence-corrected chi connectivity index (χ2v) is 6.66. The molecular formula is C20H23N3O2. The lowest BCUT2D eigenvalue weighted by molar-refractivity contribution is 0.0627. The molecule has 1 N–H and O–H groups in total. The molecule has 2 aromatic rings. The molecule has 2 aliphatic rings. The minimum atomic E-state index is -0.0722. The number of nitrogens with one attached hydrogen (secondary N) is 1. The number of carbonyl (C=O) groups excluding carboxylic acids is 1. The number of anilines is 1. The average Bonchev–Trinajstić information content (AvgIpc) is 2.96. The number of amides is 2. The number of rotatable bonds is 2. The van der Waals surface area contributed by atoms with E-state index in [0.29, 0.717) is 19.7 Å². The van der Waals surface area contributed by atoms with Crippen LogP contribution in [0, 0.1) is 0 Å². The number of pyridine rings is 1. The van der Waals surface area contributed by atoms with E-state index in [2.05, 4.69) is 28.5 Å². The molecule has 4 rings (SSSR count). The van der Waals surface area contributed by atoms with Crippen LogP contribution >= 0.6 is 0 Å². The number of carbonyl (C=O) groups is 1. The molecule has 5 heteroatoms. The van der Waals surface area contributed by atoms with Crippen LogP contribution in [0.3, 0.4) is 0 Å². The number of hydrogen-bond acceptors (Lipinski definition) is 3. The van der Waals surface area contributed by atoms with E-state index in [1.54, 1.807) is 6.20 Å². The largest absolute Gasteiger partial charge is 0.372 e. The fourth-order valence-corrected chi connectivity index (χ4v) is 3.60. The van der Waals surface area contributed by atoms with Gasteiger partial charge in [0.15, 0.2) is 0 Å². The molecule has 25 heavy (non-hydrogen) atoms. The molecule has 1 atom stereocenters. The lowest BCUT2D eigenvalue weighted by Crippen LogP contribution is -2.36. The Kier molecular flexibility index (Phi) is 4.65. The van der Waals surface area contributed by atoms with E-state index in [4.69, 9.17) is 4.74 Å². The van der Waals surface area contributed by atoms with E-state index < -0.39 is 0 Å². The minimum Gasteiger partial charge on any atom is -0.372 e. The van der Waals surface area contributed by atoms with Gasteiger partial charge in [0.2, 0.25) is 0 Å². The summed E-state index contributed by atoms with van der Waals surface area (Å²) in [6.45, 7) is 1.84. The molecule has 2 amide bonds. The van der Waals surface area contributed by atoms with Gasteiger partial charge in [0.1, 0.15) is 0 Å². The average molecular weight is 337 g/mol. The van der Waals surface area contributed by atoms with Crippen molar-refractivity contribution in [2.75, 3.05) is 25.0 Å². The summed E-state index contributed by atoms with van der Waals surface area (Å²) in [5.74, 6) is 0. The lowest BCUT2D eigenvalue weighted by atomic mass is 10.1. The summed E-state index contributed by atoms with van der Waals surface area (Å²) in [7, 11) is 0. The van der Waals surface area contributed by atoms with Gasteiger partial charge in [-0.2, -0.15) is 0 Å². The van der Waals surface area contributed by atoms with Crippen molar-refractivity contribution >= 4 is 11.7 Å². The number of fused-ring (bicyclic) bond motifs is 1. The van der Waals surface area contributed by atoms with Crippen LogP contribution in [0.4, 0.5) is 10.5 Å². The van der Waals surface area contributed by atoms with Crippen molar-refractivity contribution < 1.29 is 9.53 Å². The van der Waals surface area contributed by atoms with Gasteiger partial charge >= 0.3 is 6.03 Å². The Morgan fingerprint density at radius 3 is 2.96 bits per heavy atom. The molecular weight excluding hydrogens is 314 g/mol. The summed E-state index contributed by atoms with van der Waals surface area (Å²) in [5, 5.41) is 2.99. The zero-order valence-corrected chi connectivity index (χ0v) is 14.3. The van der Waals surface area contributed by atoms with Gasteiger partial charge in [0, 0.05) is 18.8 Å². The first-order valence-corrected chi connectivity index (χ1v) is 9.00. The first kappa shape index (κ1) is 16.1. The molecule has 0 bridgehead atoms. The fraction of sp³-hybridized carbons (Fsp3) is 0.400. The Hall–Kier alpha value is -2.40. The highest BCUT2D eigenvalue weighted by molar-refractivity contribution is 5.89. The third kappa shape index (κ3) is 3.66. The molecule has 1 aromatic heterocycles. The van der Waals surface area contributed by atoms with Crippen LogP contribution in [0.15, 0.2) is 42.6 Å². The number of benzene rings is 1. The van der Waals surface area contributed by atoms with Gasteiger partial charge in [0.05, 0.1) is 24.6 Å². The highest BCUT2D eigenvalue weighted by atomic mass is 16.5. The van der Waals surface area contributed by atoms with Gasteiger partial charge < -0.3 is 15.0 Å². The zero-order valence-electron chi connectivity index (χ0n) is 14.3. The Morgan fingerprint density at radius 1 is 1.20 bits per heavy atom. The van der Waals surface area contributed by atoms with Crippen molar-refractivity contribution in [1.29, 1.82) is 0 Å². The van der Waals surface area contributed by atoms with Gasteiger partial charge in [-0.05, 0) is 42.9 Å². The van der Waals surface area contributed by atoms with Gasteiger partial charge in [0.25, 0.3) is 0 Å². The molecule has 0 spiro atoms. The molecule has 1 saturated heterocycles. The summed E-state index contributed by atoms with van der Waals surface area (Å²) in [5.41, 5.74) is 4.40. The van der Waals surface area contributed by atoms with Crippen LogP contribution < -0.4 is 5.32 Å². The second kappa shape index (κ2) is 7.23. The molecule has 1 unspecified atom stereocenters. The highest BCUT2D eigenvalue weighted by Crippen LogP contribution is 2.25. The summed E-state index contributed by atoms with van der Waals surface area (Å²) in [6, 6.07) is 12.2. The third-order valence-electron chi connectivity index (χ3n) is 4.97. The Morgan fingerprint density at radius 2 is 2.08 bits per heavy atom. The monoisotopic (exact) mass is 337 g/mol. The van der Waals surface area contributed by atoms with E-state index in [-0.39, 0.29) is 12.1 Å². The molecule has 1 aliphatic carbocycles. The first-order valence-electron chi connectivity index (χ1n) is 9.00. The topological polar surface area (TPSA) is 54.5 Å². The third-order valence-corrected chi connectivity index (χ3v) is 4.97. The van der Waals surface area contributed by atoms with Crippen molar-refractivity contribution in [3.8, 4) is 0 Å². The van der Waals surface area contributed by atoms with Crippen molar-refractivity contribution in [3.05, 3.63) is 59.4 Å². The van der Waals surface area contributed by atoms with Crippen LogP contribution in [0.2, 0.25) is 0 Å². The smallest absolute Gasteiger partial charge is 0.321 e. The van der Waals surface area contributed by atoms with Crippen LogP contribution in [0.25, 0.3) is 0 Å². The van der Waals surface area contributed by atoms with E-state index in [9.17, 15) is 4.79 Å². The molecule has 130 valence electrons. The summed E-state index contributed by atoms with van der Waals surface area (Å²) < 4.78 is 5.95.